The summed E-state index contributed by atoms with van der Waals surface area (Å²) in [7, 11) is 4.03. The second kappa shape index (κ2) is 11.3. The van der Waals surface area contributed by atoms with Crippen LogP contribution in [0.2, 0.25) is 0 Å². The number of nitrogens with one attached hydrogen (secondary N) is 1. The molecule has 27 heavy (non-hydrogen) atoms. The van der Waals surface area contributed by atoms with Crippen LogP contribution in [0, 0.1) is 5.92 Å². The normalized spacial score (nSPS) is 18.1. The first-order valence-corrected chi connectivity index (χ1v) is 9.83. The largest absolute Gasteiger partial charge is 0.492 e. The maximum absolute atomic E-state index is 12.6. The molecule has 1 heterocycles. The molecule has 6 nitrogen and oxygen atoms in total. The summed E-state index contributed by atoms with van der Waals surface area (Å²) < 4.78 is 17.2. The zero-order valence-electron chi connectivity index (χ0n) is 17.1. The van der Waals surface area contributed by atoms with Crippen LogP contribution in [0.15, 0.2) is 24.3 Å². The quantitative estimate of drug-likeness (QED) is 0.641. The number of nitrogens with zero attached hydrogens (tertiary/aromatic N) is 1. The van der Waals surface area contributed by atoms with Crippen LogP contribution in [0.3, 0.4) is 0 Å². The topological polar surface area (TPSA) is 60.0 Å². The number of carbonyl (C=O) groups excluding carboxylic acids is 1. The Morgan fingerprint density at radius 1 is 1.37 bits per heavy atom. The summed E-state index contributed by atoms with van der Waals surface area (Å²) in [5, 5.41) is 2.99. The highest BCUT2D eigenvalue weighted by atomic mass is 16.5. The second-order valence-electron chi connectivity index (χ2n) is 7.65. The van der Waals surface area contributed by atoms with Gasteiger partial charge in [-0.25, -0.2) is 0 Å². The first-order chi connectivity index (χ1) is 13.0. The maximum Gasteiger partial charge on any atom is 0.249 e. The lowest BCUT2D eigenvalue weighted by atomic mass is 10.1. The van der Waals surface area contributed by atoms with E-state index >= 15 is 0 Å². The third-order valence-corrected chi connectivity index (χ3v) is 4.52. The lowest BCUT2D eigenvalue weighted by Gasteiger charge is -2.22. The number of benzene rings is 1. The average molecular weight is 379 g/mol. The molecule has 0 radical (unpaired) electrons. The van der Waals surface area contributed by atoms with Crippen LogP contribution in [-0.2, 0) is 20.8 Å². The third-order valence-electron chi connectivity index (χ3n) is 4.52. The van der Waals surface area contributed by atoms with Gasteiger partial charge in [-0.15, -0.1) is 0 Å². The molecule has 1 aromatic rings. The monoisotopic (exact) mass is 378 g/mol. The van der Waals surface area contributed by atoms with Crippen molar-refractivity contribution in [3.63, 3.8) is 0 Å². The first-order valence-electron chi connectivity index (χ1n) is 9.83. The van der Waals surface area contributed by atoms with E-state index < -0.39 is 6.10 Å². The third kappa shape index (κ3) is 7.87. The van der Waals surface area contributed by atoms with E-state index in [-0.39, 0.29) is 17.9 Å². The Labute approximate surface area is 163 Å². The van der Waals surface area contributed by atoms with Crippen molar-refractivity contribution >= 4 is 5.91 Å². The number of hydrogen-bond acceptors (Lipinski definition) is 5. The van der Waals surface area contributed by atoms with E-state index in [1.165, 1.54) is 0 Å². The van der Waals surface area contributed by atoms with E-state index in [9.17, 15) is 4.79 Å². The molecule has 1 amide bonds. The summed E-state index contributed by atoms with van der Waals surface area (Å²) >= 11 is 0. The van der Waals surface area contributed by atoms with Crippen molar-refractivity contribution in [2.24, 2.45) is 5.92 Å². The molecule has 2 rings (SSSR count). The van der Waals surface area contributed by atoms with E-state index in [1.807, 2.05) is 52.2 Å². The lowest BCUT2D eigenvalue weighted by Crippen LogP contribution is -2.40. The molecule has 152 valence electrons. The molecule has 1 N–H and O–H groups in total. The standard InChI is InChI=1S/C21H34N2O4/c1-16(2)20(27-15-19-9-6-11-25-19)21(24)22-14-17-7-5-8-18(13-17)26-12-10-23(3)4/h5,7-8,13,16,19-20H,6,9-12,14-15H2,1-4H3,(H,22,24)/t19-,20+/m0/s1. The van der Waals surface area contributed by atoms with Crippen LogP contribution in [0.4, 0.5) is 0 Å². The maximum atomic E-state index is 12.6. The summed E-state index contributed by atoms with van der Waals surface area (Å²) in [6.45, 7) is 7.22. The molecule has 1 saturated heterocycles. The van der Waals surface area contributed by atoms with Gasteiger partial charge in [-0.1, -0.05) is 26.0 Å². The Bertz CT molecular complexity index is 571. The number of likely N-dealkylation sites (N-methyl/N-ethyl adjacent to an activating group) is 1. The van der Waals surface area contributed by atoms with Gasteiger partial charge in [0.25, 0.3) is 0 Å². The molecule has 1 aromatic carbocycles. The highest BCUT2D eigenvalue weighted by Gasteiger charge is 2.25. The van der Waals surface area contributed by atoms with Crippen molar-refractivity contribution < 1.29 is 19.0 Å². The van der Waals surface area contributed by atoms with Crippen LogP contribution in [0.5, 0.6) is 5.75 Å². The van der Waals surface area contributed by atoms with Gasteiger partial charge in [0, 0.05) is 19.7 Å². The number of ether oxygens (including phenoxy) is 3. The Kier molecular flexibility index (Phi) is 9.04. The summed E-state index contributed by atoms with van der Waals surface area (Å²) in [4.78, 5) is 14.7. The van der Waals surface area contributed by atoms with Gasteiger partial charge < -0.3 is 24.4 Å². The molecule has 0 saturated carbocycles. The number of carbonyl (C=O) groups is 1. The fourth-order valence-electron chi connectivity index (χ4n) is 2.94. The zero-order valence-corrected chi connectivity index (χ0v) is 17.1. The first kappa shape index (κ1) is 21.7. The number of amides is 1. The van der Waals surface area contributed by atoms with Crippen LogP contribution < -0.4 is 10.1 Å². The van der Waals surface area contributed by atoms with Gasteiger partial charge in [-0.2, -0.15) is 0 Å². The van der Waals surface area contributed by atoms with Crippen molar-refractivity contribution in [2.45, 2.75) is 45.4 Å². The molecule has 0 aromatic heterocycles. The van der Waals surface area contributed by atoms with Gasteiger partial charge in [0.05, 0.1) is 12.7 Å². The van der Waals surface area contributed by atoms with E-state index in [1.54, 1.807) is 0 Å². The molecule has 1 aliphatic heterocycles. The molecule has 1 aliphatic rings. The van der Waals surface area contributed by atoms with Gasteiger partial charge in [-0.05, 0) is 50.6 Å². The molecular formula is C21H34N2O4. The number of rotatable bonds is 11. The molecule has 0 aliphatic carbocycles. The fraction of sp³-hybridized carbons (Fsp3) is 0.667. The summed E-state index contributed by atoms with van der Waals surface area (Å²) in [5.41, 5.74) is 1.01. The number of hydrogen-bond donors (Lipinski definition) is 1. The van der Waals surface area contributed by atoms with E-state index in [4.69, 9.17) is 14.2 Å². The Morgan fingerprint density at radius 3 is 2.85 bits per heavy atom. The molecule has 0 spiro atoms. The Balaban J connectivity index is 1.81. The summed E-state index contributed by atoms with van der Waals surface area (Å²) in [5.74, 6) is 0.840. The Hall–Kier alpha value is -1.63. The molecular weight excluding hydrogens is 344 g/mol. The van der Waals surface area contributed by atoms with Crippen molar-refractivity contribution in [3.05, 3.63) is 29.8 Å². The molecule has 6 heteroatoms. The summed E-state index contributed by atoms with van der Waals surface area (Å²) in [6.07, 6.45) is 1.73. The molecule has 0 bridgehead atoms. The lowest BCUT2D eigenvalue weighted by molar-refractivity contribution is -0.138. The van der Waals surface area contributed by atoms with Gasteiger partial charge in [0.1, 0.15) is 18.5 Å². The van der Waals surface area contributed by atoms with Gasteiger partial charge in [0.15, 0.2) is 0 Å². The van der Waals surface area contributed by atoms with Crippen molar-refractivity contribution in [1.29, 1.82) is 0 Å². The van der Waals surface area contributed by atoms with Crippen molar-refractivity contribution in [2.75, 3.05) is 40.5 Å². The van der Waals surface area contributed by atoms with Gasteiger partial charge in [-0.3, -0.25) is 4.79 Å². The highest BCUT2D eigenvalue weighted by molar-refractivity contribution is 5.81. The van der Waals surface area contributed by atoms with Crippen molar-refractivity contribution in [3.8, 4) is 5.75 Å². The van der Waals surface area contributed by atoms with Gasteiger partial charge >= 0.3 is 0 Å². The SMILES string of the molecule is CC(C)[C@@H](OC[C@@H]1CCCO1)C(=O)NCc1cccc(OCCN(C)C)c1. The molecule has 2 atom stereocenters. The minimum atomic E-state index is -0.464. The van der Waals surface area contributed by atoms with Crippen LogP contribution in [0.1, 0.15) is 32.3 Å². The van der Waals surface area contributed by atoms with Crippen LogP contribution in [-0.4, -0.2) is 63.5 Å². The second-order valence-corrected chi connectivity index (χ2v) is 7.65. The van der Waals surface area contributed by atoms with E-state index in [0.717, 1.165) is 37.3 Å². The van der Waals surface area contributed by atoms with Crippen LogP contribution in [0.25, 0.3) is 0 Å². The van der Waals surface area contributed by atoms with Crippen molar-refractivity contribution in [1.82, 2.24) is 10.2 Å². The van der Waals surface area contributed by atoms with E-state index in [2.05, 4.69) is 10.2 Å². The van der Waals surface area contributed by atoms with Crippen LogP contribution >= 0.6 is 0 Å². The summed E-state index contributed by atoms with van der Waals surface area (Å²) in [6, 6.07) is 7.83. The van der Waals surface area contributed by atoms with E-state index in [0.29, 0.717) is 19.8 Å². The average Bonchev–Trinajstić information content (AvgIpc) is 3.13. The molecule has 1 fully saturated rings. The Morgan fingerprint density at radius 2 is 2.19 bits per heavy atom. The zero-order chi connectivity index (χ0) is 19.6. The fourth-order valence-corrected chi connectivity index (χ4v) is 2.94. The smallest absolute Gasteiger partial charge is 0.249 e. The minimum Gasteiger partial charge on any atom is -0.492 e. The predicted octanol–water partition coefficient (Wildman–Crippen LogP) is 2.46. The minimum absolute atomic E-state index is 0.0815. The highest BCUT2D eigenvalue weighted by Crippen LogP contribution is 2.16. The molecule has 0 unspecified atom stereocenters. The predicted molar refractivity (Wildman–Crippen MR) is 106 cm³/mol. The van der Waals surface area contributed by atoms with Gasteiger partial charge in [0.2, 0.25) is 5.91 Å².